The molecule has 1 aromatic heterocycles. The van der Waals surface area contributed by atoms with Gasteiger partial charge in [-0.15, -0.1) is 0 Å². The largest absolute Gasteiger partial charge is 0.478 e. The number of rotatable bonds is 4. The molecule has 1 unspecified atom stereocenters. The minimum Gasteiger partial charge on any atom is -0.478 e. The molecule has 0 bridgehead atoms. The molecule has 0 saturated carbocycles. The molecule has 1 aliphatic heterocycles. The predicted molar refractivity (Wildman–Crippen MR) is 118 cm³/mol. The predicted octanol–water partition coefficient (Wildman–Crippen LogP) is 4.61. The van der Waals surface area contributed by atoms with E-state index in [1.807, 2.05) is 35.1 Å². The molecule has 31 heavy (non-hydrogen) atoms. The molecule has 5 rings (SSSR count). The van der Waals surface area contributed by atoms with Crippen LogP contribution in [-0.2, 0) is 29.6 Å². The van der Waals surface area contributed by atoms with Gasteiger partial charge in [-0.25, -0.2) is 4.79 Å². The Labute approximate surface area is 185 Å². The lowest BCUT2D eigenvalue weighted by Gasteiger charge is -2.23. The van der Waals surface area contributed by atoms with Crippen LogP contribution in [0.15, 0.2) is 48.8 Å². The van der Waals surface area contributed by atoms with Gasteiger partial charge in [-0.3, -0.25) is 14.4 Å². The minimum atomic E-state index is -0.965. The molecular formula is C24H22ClN3O3. The number of aromatic carboxylic acids is 1. The number of hydrogen-bond acceptors (Lipinski definition) is 3. The number of hydrogen-bond donors (Lipinski definition) is 1. The lowest BCUT2D eigenvalue weighted by molar-refractivity contribution is -0.122. The van der Waals surface area contributed by atoms with Gasteiger partial charge in [0.2, 0.25) is 5.91 Å². The van der Waals surface area contributed by atoms with Crippen LogP contribution in [0.2, 0.25) is 5.02 Å². The average Bonchev–Trinajstić information content (AvgIpc) is 3.37. The maximum Gasteiger partial charge on any atom is 0.335 e. The zero-order chi connectivity index (χ0) is 21.9. The third-order valence-corrected chi connectivity index (χ3v) is 6.43. The normalized spacial score (nSPS) is 19.4. The molecule has 7 heteroatoms. The number of aromatic nitrogens is 2. The van der Waals surface area contributed by atoms with Crippen LogP contribution in [0.25, 0.3) is 0 Å². The quantitative estimate of drug-likeness (QED) is 0.649. The second-order valence-electron chi connectivity index (χ2n) is 8.84. The van der Waals surface area contributed by atoms with Gasteiger partial charge in [-0.05, 0) is 59.7 Å². The van der Waals surface area contributed by atoms with Crippen molar-refractivity contribution in [3.63, 3.8) is 0 Å². The summed E-state index contributed by atoms with van der Waals surface area (Å²) in [4.78, 5) is 27.1. The van der Waals surface area contributed by atoms with Crippen LogP contribution >= 0.6 is 11.6 Å². The number of halogens is 1. The lowest BCUT2D eigenvalue weighted by atomic mass is 9.79. The topological polar surface area (TPSA) is 75.4 Å². The standard InChI is InChI=1S/C24H22ClN3O3/c1-14(2)12-27-13-19(11-26-27)28-21-8-18(25)5-6-20(21)24(23(28)31)9-16-4-3-15(22(29)30)7-17(16)10-24/h3-8,11,13-14H,9-10,12H2,1-2H3,(H,29,30). The molecule has 0 radical (unpaired) electrons. The summed E-state index contributed by atoms with van der Waals surface area (Å²) in [6.07, 6.45) is 4.61. The number of carboxylic acids is 1. The van der Waals surface area contributed by atoms with E-state index < -0.39 is 11.4 Å². The van der Waals surface area contributed by atoms with E-state index in [1.54, 1.807) is 23.2 Å². The summed E-state index contributed by atoms with van der Waals surface area (Å²) in [5.74, 6) is -0.558. The van der Waals surface area contributed by atoms with Crippen molar-refractivity contribution in [3.8, 4) is 0 Å². The second kappa shape index (κ2) is 6.95. The van der Waals surface area contributed by atoms with Gasteiger partial charge in [-0.2, -0.15) is 5.10 Å². The zero-order valence-corrected chi connectivity index (χ0v) is 18.1. The first-order valence-corrected chi connectivity index (χ1v) is 10.7. The highest BCUT2D eigenvalue weighted by molar-refractivity contribution is 6.31. The van der Waals surface area contributed by atoms with Crippen molar-refractivity contribution < 1.29 is 14.7 Å². The second-order valence-corrected chi connectivity index (χ2v) is 9.28. The Hall–Kier alpha value is -3.12. The van der Waals surface area contributed by atoms with Crippen molar-refractivity contribution in [2.45, 2.75) is 38.6 Å². The number of benzene rings is 2. The summed E-state index contributed by atoms with van der Waals surface area (Å²) in [6, 6.07) is 10.7. The smallest absolute Gasteiger partial charge is 0.335 e. The molecule has 3 aromatic rings. The fourth-order valence-electron chi connectivity index (χ4n) is 4.88. The van der Waals surface area contributed by atoms with Crippen molar-refractivity contribution in [1.29, 1.82) is 0 Å². The number of carboxylic acid groups (broad SMARTS) is 1. The van der Waals surface area contributed by atoms with E-state index in [9.17, 15) is 14.7 Å². The van der Waals surface area contributed by atoms with Gasteiger partial charge >= 0.3 is 5.97 Å². The summed E-state index contributed by atoms with van der Waals surface area (Å²) >= 11 is 6.31. The van der Waals surface area contributed by atoms with E-state index in [-0.39, 0.29) is 11.5 Å². The third kappa shape index (κ3) is 3.05. The van der Waals surface area contributed by atoms with Crippen LogP contribution < -0.4 is 4.90 Å². The number of fused-ring (bicyclic) bond motifs is 3. The minimum absolute atomic E-state index is 0.0260. The molecule has 6 nitrogen and oxygen atoms in total. The highest BCUT2D eigenvalue weighted by atomic mass is 35.5. The van der Waals surface area contributed by atoms with E-state index in [2.05, 4.69) is 18.9 Å². The van der Waals surface area contributed by atoms with Gasteiger partial charge < -0.3 is 5.11 Å². The molecule has 1 aliphatic carbocycles. The summed E-state index contributed by atoms with van der Waals surface area (Å²) in [7, 11) is 0. The SMILES string of the molecule is CC(C)Cn1cc(N2C(=O)C3(Cc4ccc(C(=O)O)cc4C3)c3ccc(Cl)cc32)cn1. The molecule has 1 N–H and O–H groups in total. The van der Waals surface area contributed by atoms with E-state index >= 15 is 0 Å². The van der Waals surface area contributed by atoms with Gasteiger partial charge in [0.15, 0.2) is 0 Å². The Kier molecular flexibility index (Phi) is 4.45. The molecule has 2 aromatic carbocycles. The van der Waals surface area contributed by atoms with E-state index in [0.29, 0.717) is 29.5 Å². The first kappa shape index (κ1) is 19.8. The Bertz CT molecular complexity index is 1230. The Morgan fingerprint density at radius 2 is 1.97 bits per heavy atom. The molecule has 158 valence electrons. The maximum absolute atomic E-state index is 13.9. The Morgan fingerprint density at radius 1 is 1.19 bits per heavy atom. The molecule has 2 heterocycles. The number of anilines is 2. The van der Waals surface area contributed by atoms with Crippen LogP contribution in [0.1, 0.15) is 40.9 Å². The van der Waals surface area contributed by atoms with Crippen LogP contribution in [0.5, 0.6) is 0 Å². The van der Waals surface area contributed by atoms with Crippen molar-refractivity contribution in [2.24, 2.45) is 5.92 Å². The van der Waals surface area contributed by atoms with Gasteiger partial charge in [0.25, 0.3) is 0 Å². The first-order chi connectivity index (χ1) is 14.8. The van der Waals surface area contributed by atoms with Gasteiger partial charge in [0.05, 0.1) is 28.6 Å². The number of nitrogens with zero attached hydrogens (tertiary/aromatic N) is 3. The molecule has 1 amide bonds. The van der Waals surface area contributed by atoms with Crippen molar-refractivity contribution in [1.82, 2.24) is 9.78 Å². The fraction of sp³-hybridized carbons (Fsp3) is 0.292. The van der Waals surface area contributed by atoms with Gasteiger partial charge in [0, 0.05) is 17.8 Å². The molecule has 0 saturated heterocycles. The molecule has 1 spiro atoms. The highest BCUT2D eigenvalue weighted by Crippen LogP contribution is 2.52. The number of amides is 1. The lowest BCUT2D eigenvalue weighted by Crippen LogP contribution is -2.39. The van der Waals surface area contributed by atoms with E-state index in [0.717, 1.165) is 28.9 Å². The molecule has 1 atom stereocenters. The highest BCUT2D eigenvalue weighted by Gasteiger charge is 2.54. The summed E-state index contributed by atoms with van der Waals surface area (Å²) < 4.78 is 1.85. The summed E-state index contributed by atoms with van der Waals surface area (Å²) in [5.41, 5.74) is 3.81. The Balaban J connectivity index is 1.60. The maximum atomic E-state index is 13.9. The molecular weight excluding hydrogens is 414 g/mol. The molecule has 2 aliphatic rings. The van der Waals surface area contributed by atoms with E-state index in [1.165, 1.54) is 0 Å². The van der Waals surface area contributed by atoms with Crippen LogP contribution in [0.3, 0.4) is 0 Å². The average molecular weight is 436 g/mol. The molecule has 0 fully saturated rings. The monoisotopic (exact) mass is 435 g/mol. The number of carbonyl (C=O) groups excluding carboxylic acids is 1. The zero-order valence-electron chi connectivity index (χ0n) is 17.3. The van der Waals surface area contributed by atoms with Gasteiger partial charge in [-0.1, -0.05) is 37.6 Å². The summed E-state index contributed by atoms with van der Waals surface area (Å²) in [5, 5.41) is 14.4. The van der Waals surface area contributed by atoms with E-state index in [4.69, 9.17) is 11.6 Å². The van der Waals surface area contributed by atoms with Crippen LogP contribution in [-0.4, -0.2) is 26.8 Å². The number of carbonyl (C=O) groups is 2. The fourth-order valence-corrected chi connectivity index (χ4v) is 5.05. The Morgan fingerprint density at radius 3 is 2.71 bits per heavy atom. The third-order valence-electron chi connectivity index (χ3n) is 6.20. The van der Waals surface area contributed by atoms with Crippen molar-refractivity contribution in [2.75, 3.05) is 4.90 Å². The van der Waals surface area contributed by atoms with Crippen molar-refractivity contribution in [3.05, 3.63) is 76.1 Å². The van der Waals surface area contributed by atoms with Crippen molar-refractivity contribution >= 4 is 34.9 Å². The van der Waals surface area contributed by atoms with Crippen LogP contribution in [0, 0.1) is 5.92 Å². The summed E-state index contributed by atoms with van der Waals surface area (Å²) in [6.45, 7) is 5.00. The van der Waals surface area contributed by atoms with Crippen LogP contribution in [0.4, 0.5) is 11.4 Å². The van der Waals surface area contributed by atoms with Gasteiger partial charge in [0.1, 0.15) is 0 Å². The first-order valence-electron chi connectivity index (χ1n) is 10.3.